The molecule has 0 saturated carbocycles. The molecule has 5 heteroatoms. The minimum absolute atomic E-state index is 0. The molecule has 0 radical (unpaired) electrons. The Hall–Kier alpha value is -1.84. The molecule has 23 heavy (non-hydrogen) atoms. The molecule has 0 aliphatic heterocycles. The topological polar surface area (TPSA) is 58.6 Å². The summed E-state index contributed by atoms with van der Waals surface area (Å²) in [7, 11) is 0. The smallest absolute Gasteiger partial charge is 0.610 e. The van der Waals surface area contributed by atoms with E-state index in [0.717, 1.165) is 0 Å². The van der Waals surface area contributed by atoms with Crippen LogP contribution in [0.4, 0.5) is 0 Å². The summed E-state index contributed by atoms with van der Waals surface area (Å²) in [6, 6.07) is 10.0. The molecule has 0 amide bonds. The maximum atomic E-state index is 11.7. The number of ether oxygens (including phenoxy) is 2. The van der Waals surface area contributed by atoms with Gasteiger partial charge in [0.05, 0.1) is 17.6 Å². The predicted molar refractivity (Wildman–Crippen MR) is 83.7 cm³/mol. The number of esters is 1. The van der Waals surface area contributed by atoms with Crippen molar-refractivity contribution in [2.45, 2.75) is 39.9 Å². The minimum Gasteiger partial charge on any atom is -0.610 e. The summed E-state index contributed by atoms with van der Waals surface area (Å²) in [6.07, 6.45) is 4.31. The first-order chi connectivity index (χ1) is 10.4. The fourth-order valence-corrected chi connectivity index (χ4v) is 1.65. The van der Waals surface area contributed by atoms with Crippen molar-refractivity contribution < 1.29 is 36.4 Å². The Morgan fingerprint density at radius 2 is 1.65 bits per heavy atom. The monoisotopic (exact) mass is 358 g/mol. The molecule has 0 unspecified atom stereocenters. The van der Waals surface area contributed by atoms with E-state index in [9.17, 15) is 9.90 Å². The van der Waals surface area contributed by atoms with Crippen molar-refractivity contribution >= 4 is 5.97 Å². The Balaban J connectivity index is 0.000000684. The van der Waals surface area contributed by atoms with E-state index in [0.29, 0.717) is 0 Å². The van der Waals surface area contributed by atoms with Gasteiger partial charge in [-0.15, -0.1) is 0 Å². The number of carbonyl (C=O) groups is 1. The van der Waals surface area contributed by atoms with Gasteiger partial charge in [0.1, 0.15) is 0 Å². The van der Waals surface area contributed by atoms with Crippen LogP contribution < -0.4 is 5.11 Å². The molecule has 1 aromatic rings. The zero-order chi connectivity index (χ0) is 16.5. The summed E-state index contributed by atoms with van der Waals surface area (Å²) in [6.45, 7) is 7.03. The second kappa shape index (κ2) is 10.8. The Bertz CT molecular complexity index is 534. The van der Waals surface area contributed by atoms with E-state index < -0.39 is 11.9 Å². The predicted octanol–water partition coefficient (Wildman–Crippen LogP) is 2.83. The molecule has 1 aliphatic rings. The summed E-state index contributed by atoms with van der Waals surface area (Å²) in [5.74, 6) is -0.999. The van der Waals surface area contributed by atoms with Gasteiger partial charge in [-0.25, -0.2) is 16.9 Å². The van der Waals surface area contributed by atoms with Gasteiger partial charge in [-0.05, 0) is 26.0 Å². The summed E-state index contributed by atoms with van der Waals surface area (Å²) in [4.78, 5) is 11.7. The maximum absolute atomic E-state index is 11.7. The van der Waals surface area contributed by atoms with E-state index in [1.54, 1.807) is 45.9 Å². The molecule has 1 aromatic carbocycles. The Morgan fingerprint density at radius 1 is 1.09 bits per heavy atom. The second-order valence-corrected chi connectivity index (χ2v) is 5.22. The van der Waals surface area contributed by atoms with Crippen molar-refractivity contribution in [1.82, 2.24) is 0 Å². The molecule has 0 heterocycles. The van der Waals surface area contributed by atoms with Crippen LogP contribution in [0, 0.1) is 0 Å². The van der Waals surface area contributed by atoms with Crippen LogP contribution in [0.1, 0.15) is 27.7 Å². The van der Waals surface area contributed by atoms with E-state index in [4.69, 9.17) is 9.47 Å². The summed E-state index contributed by atoms with van der Waals surface area (Å²) in [5, 5.41) is 11.7. The Kier molecular flexibility index (Phi) is 9.95. The fraction of sp³-hybridized carbons (Fsp3) is 0.333. The summed E-state index contributed by atoms with van der Waals surface area (Å²) >= 11 is 0. The number of rotatable bonds is 4. The third-order valence-corrected chi connectivity index (χ3v) is 2.50. The Labute approximate surface area is 148 Å². The molecule has 2 rings (SSSR count). The van der Waals surface area contributed by atoms with Crippen molar-refractivity contribution in [3.63, 3.8) is 0 Å². The number of carbonyl (C=O) groups excluding carboxylic acids is 1. The van der Waals surface area contributed by atoms with Crippen molar-refractivity contribution in [3.05, 3.63) is 65.7 Å². The molecule has 126 valence electrons. The van der Waals surface area contributed by atoms with Gasteiger partial charge in [0.25, 0.3) is 0 Å². The zero-order valence-corrected chi connectivity index (χ0v) is 14.9. The van der Waals surface area contributed by atoms with E-state index in [2.05, 4.69) is 0 Å². The van der Waals surface area contributed by atoms with E-state index >= 15 is 0 Å². The number of hydrogen-bond donors (Lipinski definition) is 0. The van der Waals surface area contributed by atoms with Crippen LogP contribution in [0.5, 0.6) is 0 Å². The van der Waals surface area contributed by atoms with Crippen molar-refractivity contribution in [3.8, 4) is 0 Å². The quantitative estimate of drug-likeness (QED) is 0.359. The third-order valence-electron chi connectivity index (χ3n) is 2.50. The average molecular weight is 358 g/mol. The van der Waals surface area contributed by atoms with Gasteiger partial charge in [0.15, 0.2) is 0 Å². The van der Waals surface area contributed by atoms with Gasteiger partial charge in [0, 0.05) is 5.57 Å². The molecule has 0 aromatic heterocycles. The summed E-state index contributed by atoms with van der Waals surface area (Å²) in [5.41, 5.74) is 0.508. The normalized spacial score (nSPS) is 14.6. The van der Waals surface area contributed by atoms with E-state index in [-0.39, 0.29) is 40.4 Å². The minimum atomic E-state index is -0.499. The fourth-order valence-electron chi connectivity index (χ4n) is 1.65. The Morgan fingerprint density at radius 3 is 2.09 bits per heavy atom. The van der Waals surface area contributed by atoms with Gasteiger partial charge < -0.3 is 14.6 Å². The zero-order valence-electron chi connectivity index (χ0n) is 13.8. The third kappa shape index (κ3) is 7.82. The van der Waals surface area contributed by atoms with E-state index in [1.165, 1.54) is 0 Å². The van der Waals surface area contributed by atoms with Crippen LogP contribution in [0.2, 0.25) is 0 Å². The van der Waals surface area contributed by atoms with Crippen molar-refractivity contribution in [2.75, 3.05) is 0 Å². The van der Waals surface area contributed by atoms with Gasteiger partial charge >= 0.3 is 23.0 Å². The van der Waals surface area contributed by atoms with Gasteiger partial charge in [-0.3, -0.25) is 0 Å². The average Bonchev–Trinajstić information content (AvgIpc) is 3.12. The molecule has 0 spiro atoms. The molecule has 4 nitrogen and oxygen atoms in total. The van der Waals surface area contributed by atoms with Crippen molar-refractivity contribution in [2.24, 2.45) is 0 Å². The molecule has 1 aliphatic carbocycles. The molecular formula is C18H22FeO4. The first-order valence-electron chi connectivity index (χ1n) is 7.26. The van der Waals surface area contributed by atoms with Crippen LogP contribution in [-0.4, -0.2) is 18.2 Å². The standard InChI is InChI=1S/C13H18O4.C5H5.Fe/c1-8(2)16-12(14)10-6-5-7-11(10)13(15)17-9(3)4;1-2-4-5-3-1;/h5-9,14H,1-4H3;1-5H;/q;-1;+2/p-1. The SMILES string of the molecule is CC(C)OC(=O)C1=CC=CC1=C([O-])OC(C)C.[Fe+2].c1cc[cH-]c1. The number of allylic oxidation sites excluding steroid dienone is 3. The largest absolute Gasteiger partial charge is 2.00 e. The first-order valence-corrected chi connectivity index (χ1v) is 7.26. The van der Waals surface area contributed by atoms with Crippen LogP contribution in [0.25, 0.3) is 0 Å². The molecule has 0 saturated heterocycles. The summed E-state index contributed by atoms with van der Waals surface area (Å²) < 4.78 is 10.1. The first kappa shape index (κ1) is 21.2. The van der Waals surface area contributed by atoms with Crippen LogP contribution >= 0.6 is 0 Å². The molecule has 0 N–H and O–H groups in total. The maximum Gasteiger partial charge on any atom is 2.00 e. The molecule has 0 fully saturated rings. The molecule has 0 atom stereocenters. The van der Waals surface area contributed by atoms with Gasteiger partial charge in [-0.2, -0.15) is 18.2 Å². The van der Waals surface area contributed by atoms with Crippen LogP contribution in [0.15, 0.2) is 65.7 Å². The van der Waals surface area contributed by atoms with Crippen molar-refractivity contribution in [1.29, 1.82) is 0 Å². The number of hydrogen-bond acceptors (Lipinski definition) is 4. The van der Waals surface area contributed by atoms with E-state index in [1.807, 2.05) is 30.3 Å². The van der Waals surface area contributed by atoms with Gasteiger partial charge in [-0.1, -0.05) is 26.0 Å². The van der Waals surface area contributed by atoms with Crippen LogP contribution in [0.3, 0.4) is 0 Å². The van der Waals surface area contributed by atoms with Gasteiger partial charge in [0.2, 0.25) is 0 Å². The molecular weight excluding hydrogens is 336 g/mol. The molecule has 0 bridgehead atoms. The second-order valence-electron chi connectivity index (χ2n) is 5.22. The van der Waals surface area contributed by atoms with Crippen LogP contribution in [-0.2, 0) is 31.3 Å².